The van der Waals surface area contributed by atoms with Gasteiger partial charge < -0.3 is 4.90 Å². The van der Waals surface area contributed by atoms with E-state index in [0.29, 0.717) is 6.54 Å². The number of amides is 1. The predicted molar refractivity (Wildman–Crippen MR) is 96.9 cm³/mol. The Morgan fingerprint density at radius 3 is 2.09 bits per heavy atom. The summed E-state index contributed by atoms with van der Waals surface area (Å²) < 4.78 is 0. The molecule has 0 fully saturated rings. The summed E-state index contributed by atoms with van der Waals surface area (Å²) >= 11 is 1.83. The van der Waals surface area contributed by atoms with Crippen LogP contribution >= 0.6 is 11.8 Å². The number of carbonyl (C=O) groups is 1. The van der Waals surface area contributed by atoms with Crippen LogP contribution in [0.4, 0.5) is 0 Å². The molecule has 0 saturated carbocycles. The van der Waals surface area contributed by atoms with Gasteiger partial charge in [0.25, 0.3) is 5.91 Å². The Labute approximate surface area is 142 Å². The molecule has 1 atom stereocenters. The maximum Gasteiger partial charge on any atom is 0.251 e. The second kappa shape index (κ2) is 7.05. The standard InChI is InChI=1S/C20H21NOS/c1-15-16(2)20(23-14-18-11-7-4-8-12-18)21(19(15)22)13-17-9-5-3-6-10-17/h3-12,20H,13-14H2,1-2H3. The molecule has 118 valence electrons. The maximum absolute atomic E-state index is 12.6. The second-order valence-electron chi connectivity index (χ2n) is 5.88. The lowest BCUT2D eigenvalue weighted by molar-refractivity contribution is -0.126. The van der Waals surface area contributed by atoms with Crippen molar-refractivity contribution in [3.05, 3.63) is 82.9 Å². The van der Waals surface area contributed by atoms with Crippen LogP contribution < -0.4 is 0 Å². The molecule has 1 unspecified atom stereocenters. The molecule has 1 aliphatic heterocycles. The minimum Gasteiger partial charge on any atom is -0.319 e. The number of rotatable bonds is 5. The Bertz CT molecular complexity index is 709. The summed E-state index contributed by atoms with van der Waals surface area (Å²) in [5, 5.41) is 0.128. The first kappa shape index (κ1) is 15.9. The molecular weight excluding hydrogens is 302 g/mol. The third-order valence-corrected chi connectivity index (χ3v) is 5.70. The van der Waals surface area contributed by atoms with Crippen LogP contribution in [0.5, 0.6) is 0 Å². The SMILES string of the molecule is CC1=C(C)C(SCc2ccccc2)N(Cc2ccccc2)C1=O. The van der Waals surface area contributed by atoms with Crippen molar-refractivity contribution in [1.29, 1.82) is 0 Å². The minimum absolute atomic E-state index is 0.128. The second-order valence-corrected chi connectivity index (χ2v) is 6.94. The average Bonchev–Trinajstić information content (AvgIpc) is 2.79. The number of hydrogen-bond donors (Lipinski definition) is 0. The molecule has 0 spiro atoms. The molecular formula is C20H21NOS. The highest BCUT2D eigenvalue weighted by Crippen LogP contribution is 2.35. The van der Waals surface area contributed by atoms with Gasteiger partial charge in [-0.05, 0) is 30.5 Å². The van der Waals surface area contributed by atoms with Crippen LogP contribution in [-0.4, -0.2) is 16.2 Å². The van der Waals surface area contributed by atoms with Gasteiger partial charge in [-0.3, -0.25) is 4.79 Å². The monoisotopic (exact) mass is 323 g/mol. The van der Waals surface area contributed by atoms with E-state index < -0.39 is 0 Å². The summed E-state index contributed by atoms with van der Waals surface area (Å²) in [6.07, 6.45) is 0. The van der Waals surface area contributed by atoms with Gasteiger partial charge in [0.2, 0.25) is 0 Å². The van der Waals surface area contributed by atoms with Crippen molar-refractivity contribution in [1.82, 2.24) is 4.90 Å². The van der Waals surface area contributed by atoms with Gasteiger partial charge in [0.05, 0.1) is 0 Å². The van der Waals surface area contributed by atoms with Crippen LogP contribution in [0, 0.1) is 0 Å². The third-order valence-electron chi connectivity index (χ3n) is 4.27. The Morgan fingerprint density at radius 2 is 1.48 bits per heavy atom. The first-order valence-corrected chi connectivity index (χ1v) is 8.89. The number of benzene rings is 2. The molecule has 3 heteroatoms. The van der Waals surface area contributed by atoms with Gasteiger partial charge in [-0.15, -0.1) is 11.8 Å². The Morgan fingerprint density at radius 1 is 0.913 bits per heavy atom. The van der Waals surface area contributed by atoms with E-state index in [0.717, 1.165) is 11.3 Å². The van der Waals surface area contributed by atoms with E-state index in [1.54, 1.807) is 0 Å². The topological polar surface area (TPSA) is 20.3 Å². The van der Waals surface area contributed by atoms with Crippen molar-refractivity contribution < 1.29 is 4.79 Å². The summed E-state index contributed by atoms with van der Waals surface area (Å²) in [7, 11) is 0. The van der Waals surface area contributed by atoms with Gasteiger partial charge >= 0.3 is 0 Å². The van der Waals surface area contributed by atoms with Crippen molar-refractivity contribution in [2.75, 3.05) is 0 Å². The Kier molecular flexibility index (Phi) is 4.87. The van der Waals surface area contributed by atoms with E-state index >= 15 is 0 Å². The van der Waals surface area contributed by atoms with E-state index in [1.807, 2.05) is 47.9 Å². The van der Waals surface area contributed by atoms with Crippen molar-refractivity contribution in [3.8, 4) is 0 Å². The predicted octanol–water partition coefficient (Wildman–Crippen LogP) is 4.62. The van der Waals surface area contributed by atoms with Crippen LogP contribution in [0.15, 0.2) is 71.8 Å². The van der Waals surface area contributed by atoms with Gasteiger partial charge in [-0.2, -0.15) is 0 Å². The Balaban J connectivity index is 1.75. The quantitative estimate of drug-likeness (QED) is 0.800. The largest absolute Gasteiger partial charge is 0.319 e. The number of hydrogen-bond acceptors (Lipinski definition) is 2. The smallest absolute Gasteiger partial charge is 0.251 e. The van der Waals surface area contributed by atoms with Gasteiger partial charge in [0.15, 0.2) is 0 Å². The molecule has 0 bridgehead atoms. The first-order chi connectivity index (χ1) is 11.2. The third kappa shape index (κ3) is 3.50. The highest BCUT2D eigenvalue weighted by Gasteiger charge is 2.34. The van der Waals surface area contributed by atoms with Crippen molar-refractivity contribution in [2.45, 2.75) is 31.5 Å². The highest BCUT2D eigenvalue weighted by molar-refractivity contribution is 7.99. The van der Waals surface area contributed by atoms with Gasteiger partial charge in [0.1, 0.15) is 5.37 Å². The molecule has 2 aromatic rings. The minimum atomic E-state index is 0.128. The van der Waals surface area contributed by atoms with E-state index in [2.05, 4.69) is 43.3 Å². The number of nitrogens with zero attached hydrogens (tertiary/aromatic N) is 1. The van der Waals surface area contributed by atoms with E-state index in [1.165, 1.54) is 16.7 Å². The van der Waals surface area contributed by atoms with Gasteiger partial charge in [0, 0.05) is 17.9 Å². The molecule has 0 aromatic heterocycles. The van der Waals surface area contributed by atoms with Crippen molar-refractivity contribution in [3.63, 3.8) is 0 Å². The fourth-order valence-corrected chi connectivity index (χ4v) is 4.13. The van der Waals surface area contributed by atoms with Gasteiger partial charge in [-0.1, -0.05) is 60.7 Å². The molecule has 0 N–H and O–H groups in total. The zero-order chi connectivity index (χ0) is 16.2. The van der Waals surface area contributed by atoms with Crippen LogP contribution in [0.2, 0.25) is 0 Å². The summed E-state index contributed by atoms with van der Waals surface area (Å²) in [6, 6.07) is 20.6. The maximum atomic E-state index is 12.6. The number of thioether (sulfide) groups is 1. The molecule has 0 saturated heterocycles. The van der Waals surface area contributed by atoms with Crippen LogP contribution in [0.1, 0.15) is 25.0 Å². The molecule has 2 aromatic carbocycles. The fraction of sp³-hybridized carbons (Fsp3) is 0.250. The molecule has 3 rings (SSSR count). The average molecular weight is 323 g/mol. The molecule has 23 heavy (non-hydrogen) atoms. The fourth-order valence-electron chi connectivity index (χ4n) is 2.81. The summed E-state index contributed by atoms with van der Waals surface area (Å²) in [6.45, 7) is 4.69. The molecule has 1 aliphatic rings. The van der Waals surface area contributed by atoms with Crippen LogP contribution in [-0.2, 0) is 17.1 Å². The summed E-state index contributed by atoms with van der Waals surface area (Å²) in [5.41, 5.74) is 4.55. The zero-order valence-corrected chi connectivity index (χ0v) is 14.3. The first-order valence-electron chi connectivity index (χ1n) is 7.84. The van der Waals surface area contributed by atoms with E-state index in [9.17, 15) is 4.79 Å². The molecule has 1 amide bonds. The number of carbonyl (C=O) groups excluding carboxylic acids is 1. The van der Waals surface area contributed by atoms with Crippen molar-refractivity contribution >= 4 is 17.7 Å². The normalized spacial score (nSPS) is 17.9. The van der Waals surface area contributed by atoms with Crippen LogP contribution in [0.3, 0.4) is 0 Å². The van der Waals surface area contributed by atoms with Crippen molar-refractivity contribution in [2.24, 2.45) is 0 Å². The summed E-state index contributed by atoms with van der Waals surface area (Å²) in [4.78, 5) is 14.6. The molecule has 0 aliphatic carbocycles. The van der Waals surface area contributed by atoms with Gasteiger partial charge in [-0.25, -0.2) is 0 Å². The zero-order valence-electron chi connectivity index (χ0n) is 13.5. The van der Waals surface area contributed by atoms with E-state index in [4.69, 9.17) is 0 Å². The lowest BCUT2D eigenvalue weighted by Crippen LogP contribution is -2.33. The summed E-state index contributed by atoms with van der Waals surface area (Å²) in [5.74, 6) is 1.08. The molecule has 0 radical (unpaired) electrons. The Hall–Kier alpha value is -2.00. The lowest BCUT2D eigenvalue weighted by Gasteiger charge is -2.26. The van der Waals surface area contributed by atoms with E-state index in [-0.39, 0.29) is 11.3 Å². The highest BCUT2D eigenvalue weighted by atomic mass is 32.2. The molecule has 2 nitrogen and oxygen atoms in total. The van der Waals surface area contributed by atoms with Crippen LogP contribution in [0.25, 0.3) is 0 Å². The molecule has 1 heterocycles. The lowest BCUT2D eigenvalue weighted by atomic mass is 10.2.